The van der Waals surface area contributed by atoms with Gasteiger partial charge in [0.25, 0.3) is 0 Å². The average Bonchev–Trinajstić information content (AvgIpc) is 3.15. The molecule has 1 aromatic heterocycles. The van der Waals surface area contributed by atoms with Crippen molar-refractivity contribution >= 4 is 18.3 Å². The Morgan fingerprint density at radius 2 is 1.92 bits per heavy atom. The maximum Gasteiger partial charge on any atom is 0.225 e. The van der Waals surface area contributed by atoms with Crippen molar-refractivity contribution in [2.75, 3.05) is 13.1 Å². The van der Waals surface area contributed by atoms with Gasteiger partial charge in [-0.1, -0.05) is 26.0 Å². The van der Waals surface area contributed by atoms with Gasteiger partial charge in [-0.2, -0.15) is 0 Å². The molecule has 0 spiro atoms. The van der Waals surface area contributed by atoms with Gasteiger partial charge in [-0.25, -0.2) is 4.98 Å². The van der Waals surface area contributed by atoms with Gasteiger partial charge in [0.15, 0.2) is 0 Å². The number of likely N-dealkylation sites (tertiary alicyclic amines) is 1. The van der Waals surface area contributed by atoms with Gasteiger partial charge >= 0.3 is 0 Å². The maximum atomic E-state index is 12.0. The average molecular weight is 363 g/mol. The summed E-state index contributed by atoms with van der Waals surface area (Å²) in [6.45, 7) is 6.55. The smallest absolute Gasteiger partial charge is 0.225 e. The summed E-state index contributed by atoms with van der Waals surface area (Å²) in [5, 5.41) is 3.62. The number of aromatic nitrogens is 2. The van der Waals surface area contributed by atoms with Gasteiger partial charge in [0.1, 0.15) is 0 Å². The van der Waals surface area contributed by atoms with E-state index in [0.717, 1.165) is 38.2 Å². The lowest BCUT2D eigenvalue weighted by Crippen LogP contribution is -2.45. The van der Waals surface area contributed by atoms with Gasteiger partial charge in [-0.15, -0.1) is 12.4 Å². The van der Waals surface area contributed by atoms with Gasteiger partial charge < -0.3 is 14.8 Å². The minimum atomic E-state index is 0. The van der Waals surface area contributed by atoms with Crippen molar-refractivity contribution in [3.05, 3.63) is 48.5 Å². The van der Waals surface area contributed by atoms with E-state index in [1.807, 2.05) is 29.5 Å². The molecule has 0 unspecified atom stereocenters. The number of hydrogen-bond acceptors (Lipinski definition) is 3. The third kappa shape index (κ3) is 5.06. The Kier molecular flexibility index (Phi) is 7.02. The Hall–Kier alpha value is -1.85. The molecule has 1 aliphatic rings. The molecule has 0 radical (unpaired) electrons. The molecule has 0 bridgehead atoms. The normalized spacial score (nSPS) is 15.2. The molecular weight excluding hydrogens is 336 g/mol. The Morgan fingerprint density at radius 1 is 1.24 bits per heavy atom. The highest BCUT2D eigenvalue weighted by Crippen LogP contribution is 2.14. The maximum absolute atomic E-state index is 12.0. The minimum absolute atomic E-state index is 0. The van der Waals surface area contributed by atoms with Crippen LogP contribution in [-0.2, 0) is 11.3 Å². The van der Waals surface area contributed by atoms with Crippen LogP contribution in [0.4, 0.5) is 0 Å². The molecule has 1 N–H and O–H groups in total. The van der Waals surface area contributed by atoms with Crippen LogP contribution < -0.4 is 5.32 Å². The number of imidazole rings is 1. The van der Waals surface area contributed by atoms with Crippen LogP contribution in [0.1, 0.15) is 32.3 Å². The molecule has 3 rings (SSSR count). The lowest BCUT2D eigenvalue weighted by molar-refractivity contribution is -0.135. The number of rotatable bonds is 5. The fourth-order valence-electron chi connectivity index (χ4n) is 3.13. The fraction of sp³-hybridized carbons (Fsp3) is 0.474. The summed E-state index contributed by atoms with van der Waals surface area (Å²) in [7, 11) is 0. The highest BCUT2D eigenvalue weighted by Gasteiger charge is 2.23. The summed E-state index contributed by atoms with van der Waals surface area (Å²) < 4.78 is 2.00. The Labute approximate surface area is 155 Å². The summed E-state index contributed by atoms with van der Waals surface area (Å²) in [5.41, 5.74) is 2.40. The van der Waals surface area contributed by atoms with Crippen LogP contribution >= 0.6 is 12.4 Å². The molecule has 2 heterocycles. The van der Waals surface area contributed by atoms with Crippen molar-refractivity contribution in [2.24, 2.45) is 5.92 Å². The molecule has 2 aromatic rings. The minimum Gasteiger partial charge on any atom is -0.342 e. The summed E-state index contributed by atoms with van der Waals surface area (Å²) in [5.74, 6) is 0.382. The zero-order valence-corrected chi connectivity index (χ0v) is 15.7. The topological polar surface area (TPSA) is 50.2 Å². The molecule has 1 saturated heterocycles. The van der Waals surface area contributed by atoms with Crippen molar-refractivity contribution in [1.29, 1.82) is 0 Å². The van der Waals surface area contributed by atoms with E-state index in [1.165, 1.54) is 5.56 Å². The van der Waals surface area contributed by atoms with Crippen LogP contribution in [0.15, 0.2) is 43.0 Å². The number of hydrogen-bond donors (Lipinski definition) is 1. The molecule has 0 aliphatic carbocycles. The predicted molar refractivity (Wildman–Crippen MR) is 102 cm³/mol. The molecule has 5 nitrogen and oxygen atoms in total. The number of nitrogens with one attached hydrogen (secondary N) is 1. The third-order valence-electron chi connectivity index (χ3n) is 4.63. The molecular formula is C19H27ClN4O. The summed E-state index contributed by atoms with van der Waals surface area (Å²) in [4.78, 5) is 18.1. The quantitative estimate of drug-likeness (QED) is 0.889. The highest BCUT2D eigenvalue weighted by molar-refractivity contribution is 5.85. The SMILES string of the molecule is CC(C)C(=O)N1CCC(NCc2ccc(-n3ccnc3)cc2)CC1.Cl. The van der Waals surface area contributed by atoms with Gasteiger partial charge in [-0.05, 0) is 30.5 Å². The molecule has 0 atom stereocenters. The molecule has 1 fully saturated rings. The number of nitrogens with zero attached hydrogens (tertiary/aromatic N) is 3. The Morgan fingerprint density at radius 3 is 2.48 bits per heavy atom. The standard InChI is InChI=1S/C19H26N4O.ClH/c1-15(2)19(24)22-10-7-17(8-11-22)21-13-16-3-5-18(6-4-16)23-12-9-20-14-23;/h3-6,9,12,14-15,17,21H,7-8,10-11,13H2,1-2H3;1H. The number of piperidine rings is 1. The van der Waals surface area contributed by atoms with Gasteiger partial charge in [0.2, 0.25) is 5.91 Å². The molecule has 6 heteroatoms. The summed E-state index contributed by atoms with van der Waals surface area (Å²) >= 11 is 0. The largest absolute Gasteiger partial charge is 0.342 e. The van der Waals surface area contributed by atoms with Crippen molar-refractivity contribution in [3.63, 3.8) is 0 Å². The molecule has 1 amide bonds. The molecule has 1 aromatic carbocycles. The van der Waals surface area contributed by atoms with Crippen LogP contribution in [0, 0.1) is 5.92 Å². The van der Waals surface area contributed by atoms with Crippen LogP contribution in [-0.4, -0.2) is 39.5 Å². The van der Waals surface area contributed by atoms with Crippen LogP contribution in [0.25, 0.3) is 5.69 Å². The van der Waals surface area contributed by atoms with E-state index < -0.39 is 0 Å². The van der Waals surface area contributed by atoms with E-state index in [2.05, 4.69) is 34.6 Å². The third-order valence-corrected chi connectivity index (χ3v) is 4.63. The van der Waals surface area contributed by atoms with Gasteiger partial charge in [0, 0.05) is 49.7 Å². The van der Waals surface area contributed by atoms with E-state index >= 15 is 0 Å². The first-order valence-electron chi connectivity index (χ1n) is 8.73. The second kappa shape index (κ2) is 9.02. The molecule has 136 valence electrons. The lowest BCUT2D eigenvalue weighted by Gasteiger charge is -2.33. The van der Waals surface area contributed by atoms with E-state index in [9.17, 15) is 4.79 Å². The molecule has 0 saturated carbocycles. The zero-order chi connectivity index (χ0) is 16.9. The first-order valence-corrected chi connectivity index (χ1v) is 8.73. The highest BCUT2D eigenvalue weighted by atomic mass is 35.5. The number of halogens is 1. The van der Waals surface area contributed by atoms with Crippen molar-refractivity contribution in [1.82, 2.24) is 19.8 Å². The first-order chi connectivity index (χ1) is 11.6. The van der Waals surface area contributed by atoms with Crippen LogP contribution in [0.3, 0.4) is 0 Å². The first kappa shape index (κ1) is 19.5. The van der Waals surface area contributed by atoms with Crippen molar-refractivity contribution < 1.29 is 4.79 Å². The van der Waals surface area contributed by atoms with Gasteiger partial charge in [-0.3, -0.25) is 4.79 Å². The van der Waals surface area contributed by atoms with Crippen molar-refractivity contribution in [3.8, 4) is 5.69 Å². The van der Waals surface area contributed by atoms with Gasteiger partial charge in [0.05, 0.1) is 6.33 Å². The number of carbonyl (C=O) groups excluding carboxylic acids is 1. The summed E-state index contributed by atoms with van der Waals surface area (Å²) in [6.07, 6.45) is 7.60. The van der Waals surface area contributed by atoms with Crippen LogP contribution in [0.2, 0.25) is 0 Å². The fourth-order valence-corrected chi connectivity index (χ4v) is 3.13. The predicted octanol–water partition coefficient (Wildman–Crippen LogP) is 3.03. The molecule has 1 aliphatic heterocycles. The second-order valence-corrected chi connectivity index (χ2v) is 6.77. The van der Waals surface area contributed by atoms with Crippen molar-refractivity contribution in [2.45, 2.75) is 39.3 Å². The Bertz CT molecular complexity index is 647. The number of benzene rings is 1. The van der Waals surface area contributed by atoms with E-state index in [-0.39, 0.29) is 24.2 Å². The van der Waals surface area contributed by atoms with E-state index in [0.29, 0.717) is 6.04 Å². The lowest BCUT2D eigenvalue weighted by atomic mass is 10.0. The second-order valence-electron chi connectivity index (χ2n) is 6.77. The van der Waals surface area contributed by atoms with Crippen LogP contribution in [0.5, 0.6) is 0 Å². The van der Waals surface area contributed by atoms with E-state index in [1.54, 1.807) is 12.5 Å². The number of carbonyl (C=O) groups is 1. The Balaban J connectivity index is 0.00000225. The van der Waals surface area contributed by atoms with E-state index in [4.69, 9.17) is 0 Å². The monoisotopic (exact) mass is 362 g/mol. The zero-order valence-electron chi connectivity index (χ0n) is 14.9. The summed E-state index contributed by atoms with van der Waals surface area (Å²) in [6, 6.07) is 9.03. The number of amides is 1. The molecule has 25 heavy (non-hydrogen) atoms.